The Labute approximate surface area is 180 Å². The molecule has 4 rings (SSSR count). The molecule has 0 bridgehead atoms. The molecule has 2 heterocycles. The maximum atomic E-state index is 12.8. The summed E-state index contributed by atoms with van der Waals surface area (Å²) in [4.78, 5) is 29.2. The topological polar surface area (TPSA) is 58.4 Å². The summed E-state index contributed by atoms with van der Waals surface area (Å²) in [6, 6.07) is 18.0. The van der Waals surface area contributed by atoms with Crippen molar-refractivity contribution < 1.29 is 4.79 Å². The number of nitrogens with zero attached hydrogens (tertiary/aromatic N) is 4. The number of aromatic nitrogens is 2. The van der Waals surface area contributed by atoms with Crippen molar-refractivity contribution in [2.24, 2.45) is 0 Å². The van der Waals surface area contributed by atoms with Gasteiger partial charge in [-0.25, -0.2) is 0 Å². The second kappa shape index (κ2) is 8.71. The third-order valence-electron chi connectivity index (χ3n) is 5.24. The SMILES string of the molecule is Cc1ccc(-n2nc(N3CCCN(C(=O)c4cccc(Cl)c4)CC3)ccc2=O)cc1. The third kappa shape index (κ3) is 4.39. The lowest BCUT2D eigenvalue weighted by Crippen LogP contribution is -2.36. The van der Waals surface area contributed by atoms with Gasteiger partial charge in [0, 0.05) is 42.8 Å². The van der Waals surface area contributed by atoms with Crippen LogP contribution in [0.1, 0.15) is 22.3 Å². The Morgan fingerprint density at radius 2 is 1.77 bits per heavy atom. The maximum absolute atomic E-state index is 12.8. The van der Waals surface area contributed by atoms with Gasteiger partial charge >= 0.3 is 0 Å². The summed E-state index contributed by atoms with van der Waals surface area (Å²) in [5.74, 6) is 0.712. The van der Waals surface area contributed by atoms with Crippen LogP contribution in [0.5, 0.6) is 0 Å². The smallest absolute Gasteiger partial charge is 0.271 e. The molecule has 3 aromatic rings. The van der Waals surface area contributed by atoms with E-state index in [4.69, 9.17) is 11.6 Å². The van der Waals surface area contributed by atoms with Crippen molar-refractivity contribution in [3.63, 3.8) is 0 Å². The standard InChI is InChI=1S/C23H23ClN4O2/c1-17-6-8-20(9-7-17)28-22(29)11-10-21(25-28)26-12-3-13-27(15-14-26)23(30)18-4-2-5-19(24)16-18/h2,4-11,16H,3,12-15H2,1H3. The van der Waals surface area contributed by atoms with Crippen LogP contribution in [0.15, 0.2) is 65.5 Å². The largest absolute Gasteiger partial charge is 0.353 e. The molecule has 0 saturated carbocycles. The van der Waals surface area contributed by atoms with Gasteiger partial charge in [0.05, 0.1) is 5.69 Å². The molecule has 1 aliphatic rings. The van der Waals surface area contributed by atoms with Crippen LogP contribution in [0, 0.1) is 6.92 Å². The van der Waals surface area contributed by atoms with Crippen LogP contribution in [0.2, 0.25) is 5.02 Å². The lowest BCUT2D eigenvalue weighted by molar-refractivity contribution is 0.0767. The van der Waals surface area contributed by atoms with Crippen LogP contribution in [0.25, 0.3) is 5.69 Å². The second-order valence-corrected chi connectivity index (χ2v) is 7.86. The Kier molecular flexibility index (Phi) is 5.86. The number of aryl methyl sites for hydroxylation is 1. The number of hydrogen-bond acceptors (Lipinski definition) is 4. The quantitative estimate of drug-likeness (QED) is 0.647. The van der Waals surface area contributed by atoms with Gasteiger partial charge in [0.25, 0.3) is 11.5 Å². The molecule has 154 valence electrons. The molecule has 1 saturated heterocycles. The first kappa shape index (κ1) is 20.2. The molecule has 0 atom stereocenters. The zero-order valence-corrected chi connectivity index (χ0v) is 17.5. The average Bonchev–Trinajstić information content (AvgIpc) is 3.01. The molecule has 2 aromatic carbocycles. The molecule has 6 nitrogen and oxygen atoms in total. The summed E-state index contributed by atoms with van der Waals surface area (Å²) in [5.41, 5.74) is 2.29. The first-order valence-electron chi connectivity index (χ1n) is 9.98. The highest BCUT2D eigenvalue weighted by Crippen LogP contribution is 2.17. The number of anilines is 1. The summed E-state index contributed by atoms with van der Waals surface area (Å²) < 4.78 is 1.43. The zero-order valence-electron chi connectivity index (χ0n) is 16.8. The van der Waals surface area contributed by atoms with Gasteiger partial charge in [-0.3, -0.25) is 9.59 Å². The fraction of sp³-hybridized carbons (Fsp3) is 0.261. The lowest BCUT2D eigenvalue weighted by atomic mass is 10.2. The van der Waals surface area contributed by atoms with E-state index in [0.29, 0.717) is 30.2 Å². The number of hydrogen-bond donors (Lipinski definition) is 0. The van der Waals surface area contributed by atoms with Crippen LogP contribution in [-0.4, -0.2) is 46.8 Å². The summed E-state index contributed by atoms with van der Waals surface area (Å²) in [6.07, 6.45) is 0.817. The van der Waals surface area contributed by atoms with Crippen LogP contribution in [-0.2, 0) is 0 Å². The van der Waals surface area contributed by atoms with Crippen LogP contribution in [0.4, 0.5) is 5.82 Å². The van der Waals surface area contributed by atoms with Gasteiger partial charge in [0.15, 0.2) is 0 Å². The van der Waals surface area contributed by atoms with Crippen molar-refractivity contribution >= 4 is 23.3 Å². The molecule has 0 aliphatic carbocycles. The highest BCUT2D eigenvalue weighted by molar-refractivity contribution is 6.30. The molecule has 1 aliphatic heterocycles. The van der Waals surface area contributed by atoms with Gasteiger partial charge in [0.2, 0.25) is 0 Å². The summed E-state index contributed by atoms with van der Waals surface area (Å²) in [7, 11) is 0. The van der Waals surface area contributed by atoms with Crippen molar-refractivity contribution in [1.29, 1.82) is 0 Å². The first-order valence-corrected chi connectivity index (χ1v) is 10.4. The molecule has 0 radical (unpaired) electrons. The molecule has 1 fully saturated rings. The van der Waals surface area contributed by atoms with Crippen molar-refractivity contribution in [2.45, 2.75) is 13.3 Å². The van der Waals surface area contributed by atoms with E-state index in [9.17, 15) is 9.59 Å². The number of amides is 1. The van der Waals surface area contributed by atoms with Crippen molar-refractivity contribution in [2.75, 3.05) is 31.1 Å². The molecule has 1 amide bonds. The van der Waals surface area contributed by atoms with Crippen molar-refractivity contribution in [1.82, 2.24) is 14.7 Å². The molecule has 30 heavy (non-hydrogen) atoms. The molecular weight excluding hydrogens is 400 g/mol. The van der Waals surface area contributed by atoms with Crippen molar-refractivity contribution in [3.8, 4) is 5.69 Å². The number of halogens is 1. The normalized spacial score (nSPS) is 14.5. The third-order valence-corrected chi connectivity index (χ3v) is 5.48. The Morgan fingerprint density at radius 1 is 0.967 bits per heavy atom. The monoisotopic (exact) mass is 422 g/mol. The van der Waals surface area contributed by atoms with E-state index < -0.39 is 0 Å². The Bertz CT molecular complexity index is 1110. The Balaban J connectivity index is 1.52. The predicted octanol–water partition coefficient (Wildman–Crippen LogP) is 3.55. The van der Waals surface area contributed by atoms with E-state index in [-0.39, 0.29) is 11.5 Å². The molecule has 1 aromatic heterocycles. The summed E-state index contributed by atoms with van der Waals surface area (Å²) in [6.45, 7) is 4.66. The minimum Gasteiger partial charge on any atom is -0.353 e. The van der Waals surface area contributed by atoms with Gasteiger partial charge in [0.1, 0.15) is 5.82 Å². The van der Waals surface area contributed by atoms with Crippen LogP contribution < -0.4 is 10.5 Å². The van der Waals surface area contributed by atoms with Gasteiger partial charge in [-0.15, -0.1) is 5.10 Å². The van der Waals surface area contributed by atoms with Gasteiger partial charge in [-0.2, -0.15) is 4.68 Å². The fourth-order valence-electron chi connectivity index (χ4n) is 3.59. The zero-order chi connectivity index (χ0) is 21.1. The van der Waals surface area contributed by atoms with E-state index in [1.54, 1.807) is 36.4 Å². The fourth-order valence-corrected chi connectivity index (χ4v) is 3.79. The van der Waals surface area contributed by atoms with Crippen LogP contribution >= 0.6 is 11.6 Å². The first-order chi connectivity index (χ1) is 14.5. The Morgan fingerprint density at radius 3 is 2.53 bits per heavy atom. The van der Waals surface area contributed by atoms with E-state index in [0.717, 1.165) is 30.0 Å². The van der Waals surface area contributed by atoms with Gasteiger partial charge in [-0.1, -0.05) is 35.4 Å². The predicted molar refractivity (Wildman–Crippen MR) is 119 cm³/mol. The summed E-state index contributed by atoms with van der Waals surface area (Å²) >= 11 is 6.03. The highest BCUT2D eigenvalue weighted by atomic mass is 35.5. The molecule has 0 unspecified atom stereocenters. The number of carbonyl (C=O) groups excluding carboxylic acids is 1. The molecule has 0 spiro atoms. The lowest BCUT2D eigenvalue weighted by Gasteiger charge is -2.23. The maximum Gasteiger partial charge on any atom is 0.271 e. The Hall–Kier alpha value is -3.12. The van der Waals surface area contributed by atoms with E-state index in [1.807, 2.05) is 36.1 Å². The van der Waals surface area contributed by atoms with Crippen LogP contribution in [0.3, 0.4) is 0 Å². The van der Waals surface area contributed by atoms with Crippen molar-refractivity contribution in [3.05, 3.63) is 87.2 Å². The summed E-state index contributed by atoms with van der Waals surface area (Å²) in [5, 5.41) is 5.14. The second-order valence-electron chi connectivity index (χ2n) is 7.42. The minimum absolute atomic E-state index is 0.0167. The molecule has 7 heteroatoms. The number of rotatable bonds is 3. The van der Waals surface area contributed by atoms with E-state index in [2.05, 4.69) is 10.00 Å². The number of benzene rings is 2. The highest BCUT2D eigenvalue weighted by Gasteiger charge is 2.21. The van der Waals surface area contributed by atoms with Gasteiger partial charge in [-0.05, 0) is 49.7 Å². The molecule has 0 N–H and O–H groups in total. The van der Waals surface area contributed by atoms with Gasteiger partial charge < -0.3 is 9.80 Å². The van der Waals surface area contributed by atoms with E-state index >= 15 is 0 Å². The average molecular weight is 423 g/mol. The molecular formula is C23H23ClN4O2. The number of carbonyl (C=O) groups is 1. The van der Waals surface area contributed by atoms with E-state index in [1.165, 1.54) is 4.68 Å². The minimum atomic E-state index is -0.171.